The fourth-order valence-electron chi connectivity index (χ4n) is 5.26. The van der Waals surface area contributed by atoms with Gasteiger partial charge in [0.1, 0.15) is 0 Å². The van der Waals surface area contributed by atoms with Crippen LogP contribution in [0.2, 0.25) is 0 Å². The highest BCUT2D eigenvalue weighted by atomic mass is 16.5. The van der Waals surface area contributed by atoms with Crippen LogP contribution in [0.1, 0.15) is 155 Å². The van der Waals surface area contributed by atoms with Gasteiger partial charge in [0, 0.05) is 0 Å². The van der Waals surface area contributed by atoms with Crippen molar-refractivity contribution < 1.29 is 19.4 Å². The summed E-state index contributed by atoms with van der Waals surface area (Å²) in [6.07, 6.45) is 27.2. The molecule has 0 aromatic heterocycles. The molecule has 3 unspecified atom stereocenters. The molecule has 1 rings (SSSR count). The van der Waals surface area contributed by atoms with Crippen molar-refractivity contribution in [2.24, 2.45) is 17.8 Å². The molecule has 0 heterocycles. The van der Waals surface area contributed by atoms with Gasteiger partial charge in [-0.1, -0.05) is 136 Å². The smallest absolute Gasteiger partial charge is 0.309 e. The summed E-state index contributed by atoms with van der Waals surface area (Å²) in [4.78, 5) is 23.6. The highest BCUT2D eigenvalue weighted by molar-refractivity contribution is 5.81. The minimum absolute atomic E-state index is 0.288. The first-order valence-electron chi connectivity index (χ1n) is 15.0. The number of carboxylic acid groups (broad SMARTS) is 1. The van der Waals surface area contributed by atoms with Crippen LogP contribution in [0.15, 0.2) is 0 Å². The Morgan fingerprint density at radius 1 is 0.706 bits per heavy atom. The zero-order chi connectivity index (χ0) is 24.9. The Bertz CT molecular complexity index is 504. The van der Waals surface area contributed by atoms with E-state index in [0.29, 0.717) is 19.4 Å². The minimum Gasteiger partial charge on any atom is -0.481 e. The van der Waals surface area contributed by atoms with Crippen molar-refractivity contribution in [3.8, 4) is 0 Å². The number of esters is 1. The molecule has 1 aliphatic carbocycles. The fraction of sp³-hybridized carbons (Fsp3) is 0.933. The van der Waals surface area contributed by atoms with E-state index in [1.165, 1.54) is 103 Å². The molecular formula is C30H56O4. The molecule has 0 radical (unpaired) electrons. The van der Waals surface area contributed by atoms with Gasteiger partial charge in [0.2, 0.25) is 0 Å². The standard InChI is InChI=1S/C30H56O4/c1-3-26(2)22-18-16-14-12-10-8-6-4-5-7-9-11-13-15-17-21-25-34-30(33)28-24-20-19-23-27(28)29(31)32/h26-28H,3-25H2,1-2H3,(H,31,32). The molecule has 1 aliphatic rings. The molecule has 200 valence electrons. The highest BCUT2D eigenvalue weighted by Crippen LogP contribution is 2.31. The summed E-state index contributed by atoms with van der Waals surface area (Å²) >= 11 is 0. The largest absolute Gasteiger partial charge is 0.481 e. The summed E-state index contributed by atoms with van der Waals surface area (Å²) in [6, 6.07) is 0. The first kappa shape index (κ1) is 31.0. The van der Waals surface area contributed by atoms with Crippen molar-refractivity contribution in [3.63, 3.8) is 0 Å². The van der Waals surface area contributed by atoms with Gasteiger partial charge in [-0.05, 0) is 25.2 Å². The van der Waals surface area contributed by atoms with E-state index in [2.05, 4.69) is 13.8 Å². The van der Waals surface area contributed by atoms with E-state index in [-0.39, 0.29) is 5.97 Å². The van der Waals surface area contributed by atoms with E-state index in [1.54, 1.807) is 0 Å². The van der Waals surface area contributed by atoms with Gasteiger partial charge in [-0.2, -0.15) is 0 Å². The number of carboxylic acids is 1. The molecule has 4 heteroatoms. The monoisotopic (exact) mass is 480 g/mol. The molecule has 0 spiro atoms. The van der Waals surface area contributed by atoms with Gasteiger partial charge in [-0.3, -0.25) is 9.59 Å². The zero-order valence-corrected chi connectivity index (χ0v) is 22.7. The summed E-state index contributed by atoms with van der Waals surface area (Å²) in [5.74, 6) is -1.20. The Balaban J connectivity index is 1.79. The van der Waals surface area contributed by atoms with Gasteiger partial charge in [0.05, 0.1) is 18.4 Å². The average Bonchev–Trinajstić information content (AvgIpc) is 2.84. The summed E-state index contributed by atoms with van der Waals surface area (Å²) in [5, 5.41) is 9.30. The Hall–Kier alpha value is -1.06. The number of hydrogen-bond acceptors (Lipinski definition) is 3. The van der Waals surface area contributed by atoms with Crippen LogP contribution in [0.25, 0.3) is 0 Å². The lowest BCUT2D eigenvalue weighted by atomic mass is 9.79. The Morgan fingerprint density at radius 2 is 1.12 bits per heavy atom. The molecule has 1 fully saturated rings. The molecule has 0 saturated heterocycles. The number of rotatable bonds is 22. The van der Waals surface area contributed by atoms with Crippen molar-refractivity contribution >= 4 is 11.9 Å². The molecule has 0 aromatic carbocycles. The molecule has 0 amide bonds. The van der Waals surface area contributed by atoms with Crippen LogP contribution in [0.3, 0.4) is 0 Å². The van der Waals surface area contributed by atoms with Gasteiger partial charge in [-0.15, -0.1) is 0 Å². The second-order valence-corrected chi connectivity index (χ2v) is 11.0. The minimum atomic E-state index is -0.847. The maximum Gasteiger partial charge on any atom is 0.309 e. The first-order chi connectivity index (χ1) is 16.6. The molecular weight excluding hydrogens is 424 g/mol. The normalized spacial score (nSPS) is 19.1. The second-order valence-electron chi connectivity index (χ2n) is 11.0. The molecule has 34 heavy (non-hydrogen) atoms. The van der Waals surface area contributed by atoms with E-state index in [4.69, 9.17) is 4.74 Å². The highest BCUT2D eigenvalue weighted by Gasteiger charge is 2.36. The van der Waals surface area contributed by atoms with Crippen molar-refractivity contribution in [2.75, 3.05) is 6.61 Å². The number of ether oxygens (including phenoxy) is 1. The van der Waals surface area contributed by atoms with Crippen LogP contribution in [-0.2, 0) is 14.3 Å². The average molecular weight is 481 g/mol. The number of aliphatic carboxylic acids is 1. The molecule has 4 nitrogen and oxygen atoms in total. The maximum absolute atomic E-state index is 12.2. The van der Waals surface area contributed by atoms with E-state index in [1.807, 2.05) is 0 Å². The maximum atomic E-state index is 12.2. The van der Waals surface area contributed by atoms with E-state index < -0.39 is 17.8 Å². The molecule has 1 saturated carbocycles. The van der Waals surface area contributed by atoms with Crippen LogP contribution in [0, 0.1) is 17.8 Å². The van der Waals surface area contributed by atoms with E-state index in [0.717, 1.165) is 31.6 Å². The van der Waals surface area contributed by atoms with Crippen LogP contribution in [0.4, 0.5) is 0 Å². The van der Waals surface area contributed by atoms with Crippen LogP contribution >= 0.6 is 0 Å². The van der Waals surface area contributed by atoms with Crippen molar-refractivity contribution in [2.45, 2.75) is 155 Å². The van der Waals surface area contributed by atoms with Crippen LogP contribution in [-0.4, -0.2) is 23.7 Å². The lowest BCUT2D eigenvalue weighted by Gasteiger charge is -2.26. The summed E-state index contributed by atoms with van der Waals surface area (Å²) < 4.78 is 5.40. The first-order valence-corrected chi connectivity index (χ1v) is 15.0. The number of carbonyl (C=O) groups is 2. The molecule has 0 aromatic rings. The Morgan fingerprint density at radius 3 is 1.56 bits per heavy atom. The van der Waals surface area contributed by atoms with E-state index in [9.17, 15) is 14.7 Å². The number of carbonyl (C=O) groups excluding carboxylic acids is 1. The summed E-state index contributed by atoms with van der Waals surface area (Å²) in [7, 11) is 0. The van der Waals surface area contributed by atoms with Crippen molar-refractivity contribution in [1.82, 2.24) is 0 Å². The fourth-order valence-corrected chi connectivity index (χ4v) is 5.26. The third-order valence-corrected chi connectivity index (χ3v) is 7.92. The molecule has 0 aliphatic heterocycles. The SMILES string of the molecule is CCC(C)CCCCCCCCCCCCCCCCCCOC(=O)C1CCCCC1C(=O)O. The number of hydrogen-bond donors (Lipinski definition) is 1. The third-order valence-electron chi connectivity index (χ3n) is 7.92. The predicted molar refractivity (Wildman–Crippen MR) is 142 cm³/mol. The van der Waals surface area contributed by atoms with Gasteiger partial charge >= 0.3 is 11.9 Å². The molecule has 0 bridgehead atoms. The Labute approximate surface area is 211 Å². The zero-order valence-electron chi connectivity index (χ0n) is 22.7. The predicted octanol–water partition coefficient (Wildman–Crippen LogP) is 9.10. The molecule has 1 N–H and O–H groups in total. The second kappa shape index (κ2) is 21.2. The lowest BCUT2D eigenvalue weighted by Crippen LogP contribution is -2.33. The van der Waals surface area contributed by atoms with Crippen LogP contribution in [0.5, 0.6) is 0 Å². The summed E-state index contributed by atoms with van der Waals surface area (Å²) in [5.41, 5.74) is 0. The van der Waals surface area contributed by atoms with E-state index >= 15 is 0 Å². The number of unbranched alkanes of at least 4 members (excludes halogenated alkanes) is 15. The summed E-state index contributed by atoms with van der Waals surface area (Å²) in [6.45, 7) is 5.12. The van der Waals surface area contributed by atoms with Crippen LogP contribution < -0.4 is 0 Å². The van der Waals surface area contributed by atoms with Gasteiger partial charge in [0.15, 0.2) is 0 Å². The van der Waals surface area contributed by atoms with Crippen molar-refractivity contribution in [3.05, 3.63) is 0 Å². The Kier molecular flexibility index (Phi) is 19.3. The third kappa shape index (κ3) is 15.8. The topological polar surface area (TPSA) is 63.6 Å². The van der Waals surface area contributed by atoms with Crippen molar-refractivity contribution in [1.29, 1.82) is 0 Å². The van der Waals surface area contributed by atoms with Gasteiger partial charge in [0.25, 0.3) is 0 Å². The quantitative estimate of drug-likeness (QED) is 0.124. The van der Waals surface area contributed by atoms with Gasteiger partial charge < -0.3 is 9.84 Å². The van der Waals surface area contributed by atoms with Gasteiger partial charge in [-0.25, -0.2) is 0 Å². The lowest BCUT2D eigenvalue weighted by molar-refractivity contribution is -0.159. The molecule has 3 atom stereocenters.